The van der Waals surface area contributed by atoms with E-state index in [9.17, 15) is 0 Å². The molecule has 5 rings (SSSR count). The Hall–Kier alpha value is -2.97. The van der Waals surface area contributed by atoms with E-state index in [0.29, 0.717) is 5.95 Å². The van der Waals surface area contributed by atoms with Gasteiger partial charge in [0.05, 0.1) is 0 Å². The van der Waals surface area contributed by atoms with Crippen molar-refractivity contribution in [2.24, 2.45) is 0 Å². The number of nitrogens with zero attached hydrogens (tertiary/aromatic N) is 6. The molecule has 0 spiro atoms. The molecule has 2 aromatic carbocycles. The average molecular weight is 439 g/mol. The Labute approximate surface area is 187 Å². The third-order valence-electron chi connectivity index (χ3n) is 5.61. The van der Waals surface area contributed by atoms with Gasteiger partial charge in [-0.25, -0.2) is 14.6 Å². The second kappa shape index (κ2) is 8.64. The molecule has 0 saturated carbocycles. The fourth-order valence-corrected chi connectivity index (χ4v) is 3.97. The van der Waals surface area contributed by atoms with Gasteiger partial charge in [0.2, 0.25) is 5.95 Å². The highest BCUT2D eigenvalue weighted by molar-refractivity contribution is 6.01. The number of rotatable bonds is 4. The molecule has 2 N–H and O–H groups in total. The fourth-order valence-electron chi connectivity index (χ4n) is 3.97. The van der Waals surface area contributed by atoms with Crippen LogP contribution in [-0.2, 0) is 0 Å². The summed E-state index contributed by atoms with van der Waals surface area (Å²) < 4.78 is 1.92. The van der Waals surface area contributed by atoms with Crippen molar-refractivity contribution >= 4 is 51.7 Å². The average Bonchev–Trinajstić information content (AvgIpc) is 3.21. The predicted molar refractivity (Wildman–Crippen MR) is 128 cm³/mol. The molecule has 1 fully saturated rings. The summed E-state index contributed by atoms with van der Waals surface area (Å²) in [6, 6.07) is 10.7. The van der Waals surface area contributed by atoms with E-state index in [1.54, 1.807) is 0 Å². The number of anilines is 3. The quantitative estimate of drug-likeness (QED) is 0.500. The van der Waals surface area contributed by atoms with Crippen molar-refractivity contribution < 1.29 is 0 Å². The lowest BCUT2D eigenvalue weighted by Gasteiger charge is -2.30. The zero-order chi connectivity index (χ0) is 20.7. The molecule has 8 nitrogen and oxygen atoms in total. The van der Waals surface area contributed by atoms with Gasteiger partial charge in [-0.1, -0.05) is 5.21 Å². The molecule has 3 heterocycles. The van der Waals surface area contributed by atoms with Crippen molar-refractivity contribution in [2.75, 3.05) is 36.4 Å². The van der Waals surface area contributed by atoms with E-state index in [1.807, 2.05) is 23.0 Å². The maximum absolute atomic E-state index is 4.83. The van der Waals surface area contributed by atoms with E-state index in [-0.39, 0.29) is 18.4 Å². The van der Waals surface area contributed by atoms with Gasteiger partial charge in [0.15, 0.2) is 0 Å². The maximum atomic E-state index is 4.83. The van der Waals surface area contributed by atoms with Crippen molar-refractivity contribution in [3.8, 4) is 0 Å². The van der Waals surface area contributed by atoms with Gasteiger partial charge in [-0.05, 0) is 56.7 Å². The number of aryl methyl sites for hydroxylation is 1. The molecule has 0 radical (unpaired) electrons. The van der Waals surface area contributed by atoms with Crippen LogP contribution in [0.1, 0.15) is 25.5 Å². The zero-order valence-corrected chi connectivity index (χ0v) is 18.8. The van der Waals surface area contributed by atoms with Crippen LogP contribution in [0.5, 0.6) is 0 Å². The molecule has 0 atom stereocenters. The van der Waals surface area contributed by atoms with Crippen molar-refractivity contribution in [1.82, 2.24) is 30.3 Å². The zero-order valence-electron chi connectivity index (χ0n) is 18.0. The molecule has 0 unspecified atom stereocenters. The van der Waals surface area contributed by atoms with Crippen LogP contribution in [-0.4, -0.2) is 51.1 Å². The van der Waals surface area contributed by atoms with Crippen LogP contribution in [0.25, 0.3) is 21.9 Å². The van der Waals surface area contributed by atoms with E-state index in [0.717, 1.165) is 53.8 Å². The molecule has 1 saturated heterocycles. The first-order valence-corrected chi connectivity index (χ1v) is 10.4. The van der Waals surface area contributed by atoms with Gasteiger partial charge in [-0.2, -0.15) is 0 Å². The number of halogens is 1. The molecule has 4 aromatic rings. The van der Waals surface area contributed by atoms with Crippen LogP contribution in [0.3, 0.4) is 0 Å². The van der Waals surface area contributed by atoms with E-state index < -0.39 is 0 Å². The largest absolute Gasteiger partial charge is 0.369 e. The second-order valence-corrected chi connectivity index (χ2v) is 8.05. The summed E-state index contributed by atoms with van der Waals surface area (Å²) in [4.78, 5) is 11.8. The molecule has 162 valence electrons. The summed E-state index contributed by atoms with van der Waals surface area (Å²) in [5.74, 6) is 0.574. The van der Waals surface area contributed by atoms with Gasteiger partial charge in [0.1, 0.15) is 16.6 Å². The number of piperazine rings is 1. The van der Waals surface area contributed by atoms with E-state index in [2.05, 4.69) is 69.8 Å². The number of hydrogen-bond donors (Lipinski definition) is 2. The molecule has 1 aliphatic rings. The van der Waals surface area contributed by atoms with Crippen LogP contribution < -0.4 is 15.5 Å². The number of nitrogens with one attached hydrogen (secondary N) is 2. The number of hydrogen-bond acceptors (Lipinski definition) is 7. The summed E-state index contributed by atoms with van der Waals surface area (Å²) in [5, 5.41) is 16.4. The molecular weight excluding hydrogens is 412 g/mol. The molecule has 31 heavy (non-hydrogen) atoms. The summed E-state index contributed by atoms with van der Waals surface area (Å²) in [6.45, 7) is 10.4. The van der Waals surface area contributed by atoms with Crippen molar-refractivity contribution in [3.05, 3.63) is 42.1 Å². The van der Waals surface area contributed by atoms with Crippen molar-refractivity contribution in [2.45, 2.75) is 26.8 Å². The molecule has 1 aliphatic heterocycles. The van der Waals surface area contributed by atoms with Crippen molar-refractivity contribution in [3.63, 3.8) is 0 Å². The highest BCUT2D eigenvalue weighted by Crippen LogP contribution is 2.28. The van der Waals surface area contributed by atoms with Crippen LogP contribution in [0.2, 0.25) is 0 Å². The van der Waals surface area contributed by atoms with Gasteiger partial charge in [0, 0.05) is 55.2 Å². The molecule has 0 amide bonds. The Morgan fingerprint density at radius 2 is 1.90 bits per heavy atom. The highest BCUT2D eigenvalue weighted by Gasteiger charge is 2.15. The summed E-state index contributed by atoms with van der Waals surface area (Å²) in [6.07, 6.45) is 1.85. The Morgan fingerprint density at radius 3 is 2.65 bits per heavy atom. The Balaban J connectivity index is 0.00000231. The minimum absolute atomic E-state index is 0. The lowest BCUT2D eigenvalue weighted by molar-refractivity contribution is 0.531. The maximum Gasteiger partial charge on any atom is 0.227 e. The molecule has 0 bridgehead atoms. The third-order valence-corrected chi connectivity index (χ3v) is 5.61. The Kier molecular flexibility index (Phi) is 5.93. The lowest BCUT2D eigenvalue weighted by atomic mass is 10.1. The normalized spacial score (nSPS) is 14.3. The highest BCUT2D eigenvalue weighted by atomic mass is 35.5. The first-order valence-electron chi connectivity index (χ1n) is 10.4. The number of fused-ring (bicyclic) bond motifs is 3. The van der Waals surface area contributed by atoms with Gasteiger partial charge in [0.25, 0.3) is 0 Å². The van der Waals surface area contributed by atoms with Crippen LogP contribution >= 0.6 is 12.4 Å². The summed E-state index contributed by atoms with van der Waals surface area (Å²) >= 11 is 0. The van der Waals surface area contributed by atoms with Crippen LogP contribution in [0.15, 0.2) is 36.5 Å². The second-order valence-electron chi connectivity index (χ2n) is 8.05. The Morgan fingerprint density at radius 1 is 1.10 bits per heavy atom. The van der Waals surface area contributed by atoms with E-state index >= 15 is 0 Å². The van der Waals surface area contributed by atoms with Crippen molar-refractivity contribution in [1.29, 1.82) is 0 Å². The first-order chi connectivity index (χ1) is 14.6. The first kappa shape index (κ1) is 21.3. The smallest absolute Gasteiger partial charge is 0.227 e. The molecular formula is C22H27ClN8. The predicted octanol–water partition coefficient (Wildman–Crippen LogP) is 3.84. The summed E-state index contributed by atoms with van der Waals surface area (Å²) in [7, 11) is 0. The topological polar surface area (TPSA) is 83.8 Å². The minimum Gasteiger partial charge on any atom is -0.369 e. The van der Waals surface area contributed by atoms with E-state index in [1.165, 1.54) is 11.3 Å². The van der Waals surface area contributed by atoms with Gasteiger partial charge in [-0.3, -0.25) is 0 Å². The van der Waals surface area contributed by atoms with Crippen LogP contribution in [0, 0.1) is 6.92 Å². The number of benzene rings is 2. The Bertz CT molecular complexity index is 1210. The SMILES string of the molecule is Cc1cc(N2CCNCC2)ccc1Nc1ncc2ccc3nnn(C(C)C)c3c2n1.Cl. The summed E-state index contributed by atoms with van der Waals surface area (Å²) in [5.41, 5.74) is 6.08. The van der Waals surface area contributed by atoms with Gasteiger partial charge >= 0.3 is 0 Å². The third kappa shape index (κ3) is 4.00. The number of aromatic nitrogens is 5. The van der Waals surface area contributed by atoms with Gasteiger partial charge < -0.3 is 15.5 Å². The fraction of sp³-hybridized carbons (Fsp3) is 0.364. The van der Waals surface area contributed by atoms with Gasteiger partial charge in [-0.15, -0.1) is 17.5 Å². The lowest BCUT2D eigenvalue weighted by Crippen LogP contribution is -2.43. The van der Waals surface area contributed by atoms with Crippen LogP contribution in [0.4, 0.5) is 17.3 Å². The molecule has 9 heteroatoms. The molecule has 0 aliphatic carbocycles. The minimum atomic E-state index is 0. The molecule has 2 aromatic heterocycles. The standard InChI is InChI=1S/C22H26N8.ClH/c1-14(2)30-21-19(27-28-30)6-4-16-13-24-22(26-20(16)21)25-18-7-5-17(12-15(18)3)29-10-8-23-9-11-29;/h4-7,12-14,23H,8-11H2,1-3H3,(H,24,25,26);1H. The van der Waals surface area contributed by atoms with E-state index in [4.69, 9.17) is 4.98 Å². The monoisotopic (exact) mass is 438 g/mol.